The number of rotatable bonds is 13. The number of nitrogens with zero attached hydrogens (tertiary/aromatic N) is 2. The summed E-state index contributed by atoms with van der Waals surface area (Å²) in [6.45, 7) is 7.60. The molecule has 0 aliphatic carbocycles. The molecule has 3 rings (SSSR count). The van der Waals surface area contributed by atoms with Gasteiger partial charge in [-0.1, -0.05) is 53.9 Å². The van der Waals surface area contributed by atoms with Crippen LogP contribution in [0.5, 0.6) is 5.75 Å². The van der Waals surface area contributed by atoms with Crippen LogP contribution in [0.25, 0.3) is 0 Å². The van der Waals surface area contributed by atoms with E-state index in [1.54, 1.807) is 68.4 Å². The van der Waals surface area contributed by atoms with Crippen LogP contribution in [0.3, 0.4) is 0 Å². The van der Waals surface area contributed by atoms with Crippen molar-refractivity contribution in [3.63, 3.8) is 0 Å². The number of hydrogen-bond acceptors (Lipinski definition) is 5. The van der Waals surface area contributed by atoms with E-state index < -0.39 is 28.5 Å². The van der Waals surface area contributed by atoms with Gasteiger partial charge in [0.1, 0.15) is 18.3 Å². The molecule has 0 radical (unpaired) electrons. The van der Waals surface area contributed by atoms with Crippen LogP contribution in [-0.2, 0) is 26.2 Å². The number of benzene rings is 3. The summed E-state index contributed by atoms with van der Waals surface area (Å²) in [6.07, 6.45) is 0.312. The van der Waals surface area contributed by atoms with Gasteiger partial charge in [-0.3, -0.25) is 13.9 Å². The Morgan fingerprint density at radius 1 is 0.927 bits per heavy atom. The van der Waals surface area contributed by atoms with E-state index in [1.807, 2.05) is 13.8 Å². The molecule has 1 N–H and O–H groups in total. The zero-order valence-electron chi connectivity index (χ0n) is 23.6. The molecule has 0 aliphatic heterocycles. The van der Waals surface area contributed by atoms with Crippen molar-refractivity contribution in [3.05, 3.63) is 87.9 Å². The molecule has 0 fully saturated rings. The SMILES string of the molecule is CCNC(=O)[C@H](CC)N(Cc1ccc(Cl)c(Cl)c1)C(=O)CN(c1ccc(OCC)cc1)S(=O)(=O)c1ccc(C)cc1. The van der Waals surface area contributed by atoms with E-state index in [4.69, 9.17) is 27.9 Å². The zero-order chi connectivity index (χ0) is 30.2. The summed E-state index contributed by atoms with van der Waals surface area (Å²) in [5, 5.41) is 3.44. The standard InChI is InChI=1S/C30H35Cl2N3O5S/c1-5-28(30(37)33-6-2)34(19-22-10-17-26(31)27(32)18-22)29(36)20-35(23-11-13-24(14-12-23)40-7-3)41(38,39)25-15-8-21(4)9-16-25/h8-18,28H,5-7,19-20H2,1-4H3,(H,33,37)/t28-/m0/s1. The molecular weight excluding hydrogens is 585 g/mol. The number of aryl methyl sites for hydroxylation is 1. The van der Waals surface area contributed by atoms with E-state index in [-0.39, 0.29) is 23.0 Å². The van der Waals surface area contributed by atoms with Gasteiger partial charge in [0.15, 0.2) is 0 Å². The molecule has 220 valence electrons. The van der Waals surface area contributed by atoms with Crippen LogP contribution in [0, 0.1) is 6.92 Å². The highest BCUT2D eigenvalue weighted by Gasteiger charge is 2.33. The van der Waals surface area contributed by atoms with Gasteiger partial charge in [0.25, 0.3) is 10.0 Å². The highest BCUT2D eigenvalue weighted by Crippen LogP contribution is 2.28. The fourth-order valence-corrected chi connectivity index (χ4v) is 6.02. The Bertz CT molecular complexity index is 1450. The van der Waals surface area contributed by atoms with E-state index in [9.17, 15) is 18.0 Å². The lowest BCUT2D eigenvalue weighted by Gasteiger charge is -2.33. The number of amides is 2. The van der Waals surface area contributed by atoms with Crippen LogP contribution >= 0.6 is 23.2 Å². The highest BCUT2D eigenvalue weighted by atomic mass is 35.5. The van der Waals surface area contributed by atoms with E-state index in [0.29, 0.717) is 40.9 Å². The van der Waals surface area contributed by atoms with Gasteiger partial charge < -0.3 is 15.0 Å². The second-order valence-corrected chi connectivity index (χ2v) is 12.0. The summed E-state index contributed by atoms with van der Waals surface area (Å²) in [4.78, 5) is 28.5. The maximum Gasteiger partial charge on any atom is 0.264 e. The minimum absolute atomic E-state index is 0.0209. The molecule has 0 aliphatic rings. The number of halogens is 2. The van der Waals surface area contributed by atoms with E-state index >= 15 is 0 Å². The van der Waals surface area contributed by atoms with Crippen molar-refractivity contribution in [2.75, 3.05) is 24.0 Å². The van der Waals surface area contributed by atoms with Crippen molar-refractivity contribution >= 4 is 50.7 Å². The van der Waals surface area contributed by atoms with Gasteiger partial charge in [-0.15, -0.1) is 0 Å². The Kier molecular flexibility index (Phi) is 11.5. The first kappa shape index (κ1) is 32.2. The fraction of sp³-hybridized carbons (Fsp3) is 0.333. The second kappa shape index (κ2) is 14.6. The van der Waals surface area contributed by atoms with E-state index in [0.717, 1.165) is 9.87 Å². The van der Waals surface area contributed by atoms with Gasteiger partial charge in [-0.2, -0.15) is 0 Å². The van der Waals surface area contributed by atoms with E-state index in [2.05, 4.69) is 5.32 Å². The van der Waals surface area contributed by atoms with Crippen LogP contribution < -0.4 is 14.4 Å². The quantitative estimate of drug-likeness (QED) is 0.259. The minimum Gasteiger partial charge on any atom is -0.494 e. The maximum atomic E-state index is 14.0. The number of nitrogens with one attached hydrogen (secondary N) is 1. The summed E-state index contributed by atoms with van der Waals surface area (Å²) in [5.74, 6) is -0.324. The third-order valence-electron chi connectivity index (χ3n) is 6.40. The maximum absolute atomic E-state index is 14.0. The summed E-state index contributed by atoms with van der Waals surface area (Å²) < 4.78 is 34.5. The summed E-state index contributed by atoms with van der Waals surface area (Å²) in [5.41, 5.74) is 1.82. The number of sulfonamides is 1. The van der Waals surface area contributed by atoms with Crippen molar-refractivity contribution in [1.82, 2.24) is 10.2 Å². The first-order valence-electron chi connectivity index (χ1n) is 13.3. The van der Waals surface area contributed by atoms with Crippen molar-refractivity contribution in [2.45, 2.75) is 51.6 Å². The van der Waals surface area contributed by atoms with Crippen molar-refractivity contribution < 1.29 is 22.7 Å². The molecule has 0 unspecified atom stereocenters. The summed E-state index contributed by atoms with van der Waals surface area (Å²) >= 11 is 12.3. The Morgan fingerprint density at radius 3 is 2.15 bits per heavy atom. The Hall–Kier alpha value is -3.27. The molecule has 8 nitrogen and oxygen atoms in total. The van der Waals surface area contributed by atoms with Gasteiger partial charge in [0.2, 0.25) is 11.8 Å². The van der Waals surface area contributed by atoms with Crippen LogP contribution in [-0.4, -0.2) is 50.9 Å². The molecule has 0 aromatic heterocycles. The molecule has 3 aromatic rings. The molecule has 2 amide bonds. The molecule has 0 spiro atoms. The predicted octanol–water partition coefficient (Wildman–Crippen LogP) is 5.84. The normalized spacial score (nSPS) is 12.0. The van der Waals surface area contributed by atoms with Crippen LogP contribution in [0.15, 0.2) is 71.6 Å². The third kappa shape index (κ3) is 8.15. The Morgan fingerprint density at radius 2 is 1.59 bits per heavy atom. The third-order valence-corrected chi connectivity index (χ3v) is 8.92. The predicted molar refractivity (Wildman–Crippen MR) is 163 cm³/mol. The lowest BCUT2D eigenvalue weighted by atomic mass is 10.1. The molecule has 41 heavy (non-hydrogen) atoms. The van der Waals surface area contributed by atoms with Crippen molar-refractivity contribution in [3.8, 4) is 5.75 Å². The van der Waals surface area contributed by atoms with Gasteiger partial charge in [-0.25, -0.2) is 8.42 Å². The monoisotopic (exact) mass is 619 g/mol. The molecule has 3 aromatic carbocycles. The molecule has 1 atom stereocenters. The van der Waals surface area contributed by atoms with Gasteiger partial charge in [-0.05, 0) is 81.3 Å². The topological polar surface area (TPSA) is 96.0 Å². The number of ether oxygens (including phenoxy) is 1. The number of hydrogen-bond donors (Lipinski definition) is 1. The highest BCUT2D eigenvalue weighted by molar-refractivity contribution is 7.92. The number of carbonyl (C=O) groups is 2. The smallest absolute Gasteiger partial charge is 0.264 e. The van der Waals surface area contributed by atoms with Crippen LogP contribution in [0.1, 0.15) is 38.3 Å². The molecule has 11 heteroatoms. The van der Waals surface area contributed by atoms with Gasteiger partial charge in [0, 0.05) is 13.1 Å². The number of carbonyl (C=O) groups excluding carboxylic acids is 2. The van der Waals surface area contributed by atoms with Crippen molar-refractivity contribution in [2.24, 2.45) is 0 Å². The molecule has 0 saturated heterocycles. The summed E-state index contributed by atoms with van der Waals surface area (Å²) in [7, 11) is -4.17. The number of likely N-dealkylation sites (N-methyl/N-ethyl adjacent to an activating group) is 1. The van der Waals surface area contributed by atoms with Crippen LogP contribution in [0.4, 0.5) is 5.69 Å². The first-order chi connectivity index (χ1) is 19.5. The lowest BCUT2D eigenvalue weighted by molar-refractivity contribution is -0.140. The Labute approximate surface area is 252 Å². The average Bonchev–Trinajstić information content (AvgIpc) is 2.94. The molecule has 0 heterocycles. The Balaban J connectivity index is 2.07. The lowest BCUT2D eigenvalue weighted by Crippen LogP contribution is -2.52. The molecular formula is C30H35Cl2N3O5S. The first-order valence-corrected chi connectivity index (χ1v) is 15.5. The van der Waals surface area contributed by atoms with Crippen LogP contribution in [0.2, 0.25) is 10.0 Å². The molecule has 0 bridgehead atoms. The second-order valence-electron chi connectivity index (χ2n) is 9.34. The van der Waals surface area contributed by atoms with E-state index in [1.165, 1.54) is 17.0 Å². The molecule has 0 saturated carbocycles. The van der Waals surface area contributed by atoms with Gasteiger partial charge >= 0.3 is 0 Å². The average molecular weight is 621 g/mol. The largest absolute Gasteiger partial charge is 0.494 e. The van der Waals surface area contributed by atoms with Gasteiger partial charge in [0.05, 0.1) is 27.2 Å². The minimum atomic E-state index is -4.17. The fourth-order valence-electron chi connectivity index (χ4n) is 4.29. The van der Waals surface area contributed by atoms with Crippen molar-refractivity contribution in [1.29, 1.82) is 0 Å². The number of anilines is 1. The zero-order valence-corrected chi connectivity index (χ0v) is 25.9. The summed E-state index contributed by atoms with van der Waals surface area (Å²) in [6, 6.07) is 17.0.